The van der Waals surface area contributed by atoms with Crippen molar-refractivity contribution in [3.63, 3.8) is 0 Å². The molecule has 0 aliphatic carbocycles. The number of hydrogen-bond donors (Lipinski definition) is 0. The van der Waals surface area contributed by atoms with Gasteiger partial charge in [0.15, 0.2) is 8.07 Å². The lowest BCUT2D eigenvalue weighted by Crippen LogP contribution is -2.72. The monoisotopic (exact) mass is 1360 g/mol. The van der Waals surface area contributed by atoms with E-state index in [4.69, 9.17) is 6.63 Å². The summed E-state index contributed by atoms with van der Waals surface area (Å²) in [6.45, 7) is 52.7. The fourth-order valence-electron chi connectivity index (χ4n) is 10.5. The minimum atomic E-state index is -2.13. The number of nitrogens with zero attached hydrogens (tertiary/aromatic N) is 3. The summed E-state index contributed by atoms with van der Waals surface area (Å²) in [4.78, 5) is 0. The molecule has 5 heteroatoms. The number of hydrogen-bond acceptors (Lipinski definition) is 1. The summed E-state index contributed by atoms with van der Waals surface area (Å²) in [5, 5.41) is 18.6. The highest BCUT2D eigenvalue weighted by atomic mass is 28.3. The van der Waals surface area contributed by atoms with E-state index in [9.17, 15) is 0 Å². The van der Waals surface area contributed by atoms with Crippen LogP contribution in [0.3, 0.4) is 0 Å². The summed E-state index contributed by atoms with van der Waals surface area (Å²) in [6.07, 6.45) is 0. The predicted octanol–water partition coefficient (Wildman–Crippen LogP) is 28.6. The van der Waals surface area contributed by atoms with Crippen molar-refractivity contribution in [3.05, 3.63) is 248 Å². The molecule has 2 aromatic heterocycles. The van der Waals surface area contributed by atoms with E-state index in [1.807, 2.05) is 41.5 Å². The maximum atomic E-state index is 8.15. The Morgan fingerprint density at radius 3 is 0.816 bits per heavy atom. The number of fused-ring (bicyclic) bond motifs is 6. The van der Waals surface area contributed by atoms with Crippen LogP contribution in [-0.4, -0.2) is 25.3 Å². The molecular weight excluding hydrogens is 1220 g/mol. The molecule has 11 aromatic rings. The molecule has 11 rings (SSSR count). The van der Waals surface area contributed by atoms with E-state index in [1.165, 1.54) is 81.7 Å². The number of benzene rings is 9. The minimum Gasteiger partial charge on any atom is -0.309 e. The van der Waals surface area contributed by atoms with Crippen LogP contribution in [-0.2, 0) is 10.8 Å². The first kappa shape index (κ1) is 92.6. The summed E-state index contributed by atoms with van der Waals surface area (Å²) >= 11 is 0. The van der Waals surface area contributed by atoms with Gasteiger partial charge in [-0.15, -0.1) is 0 Å². The van der Waals surface area contributed by atoms with Gasteiger partial charge in [-0.2, -0.15) is 5.26 Å². The van der Waals surface area contributed by atoms with Crippen LogP contribution in [0.1, 0.15) is 210 Å². The van der Waals surface area contributed by atoms with E-state index >= 15 is 0 Å². The normalized spacial score (nSPS) is 11.3. The summed E-state index contributed by atoms with van der Waals surface area (Å²) in [6, 6.07) is 87.8. The Kier molecular flexibility index (Phi) is 38.3. The summed E-state index contributed by atoms with van der Waals surface area (Å²) in [7, 11) is -2.98. The minimum absolute atomic E-state index is 0. The van der Waals surface area contributed by atoms with Crippen LogP contribution in [0.25, 0.3) is 55.0 Å². The molecule has 0 radical (unpaired) electrons. The van der Waals surface area contributed by atoms with E-state index in [-0.39, 0.29) is 79.2 Å². The Balaban J connectivity index is -0.00000117. The molecule has 0 unspecified atom stereocenters. The molecule has 0 aliphatic rings. The topological polar surface area (TPSA) is 33.6 Å². The van der Waals surface area contributed by atoms with Crippen LogP contribution in [0.4, 0.5) is 0 Å². The molecule has 0 spiro atoms. The average Bonchev–Trinajstić information content (AvgIpc) is 1.46. The Morgan fingerprint density at radius 1 is 0.337 bits per heavy atom. The second-order valence-electron chi connectivity index (χ2n) is 31.5. The van der Waals surface area contributed by atoms with Gasteiger partial charge in [-0.3, -0.25) is 0 Å². The second-order valence-corrected chi connectivity index (χ2v) is 42.3. The second kappa shape index (κ2) is 40.5. The first-order valence-electron chi connectivity index (χ1n) is 33.5. The quantitative estimate of drug-likeness (QED) is 0.125. The van der Waals surface area contributed by atoms with Crippen LogP contribution in [0.15, 0.2) is 237 Å². The maximum absolute atomic E-state index is 8.15. The lowest BCUT2D eigenvalue weighted by atomic mass is 9.87. The van der Waals surface area contributed by atoms with Crippen LogP contribution in [0, 0.1) is 28.6 Å². The molecule has 536 valence electrons. The molecule has 0 aliphatic heterocycles. The van der Waals surface area contributed by atoms with Gasteiger partial charge in [0.25, 0.3) is 0 Å². The van der Waals surface area contributed by atoms with Crippen molar-refractivity contribution in [1.29, 1.82) is 5.26 Å². The van der Waals surface area contributed by atoms with Crippen molar-refractivity contribution in [2.24, 2.45) is 17.2 Å². The molecule has 0 N–H and O–H groups in total. The van der Waals surface area contributed by atoms with Gasteiger partial charge < -0.3 is 9.13 Å². The molecule has 0 atom stereocenters. The van der Waals surface area contributed by atoms with Crippen LogP contribution < -0.4 is 15.6 Å². The zero-order chi connectivity index (χ0) is 68.7. The van der Waals surface area contributed by atoms with Crippen molar-refractivity contribution < 1.29 is 1.37 Å². The third kappa shape index (κ3) is 25.3. The highest BCUT2D eigenvalue weighted by Crippen LogP contribution is 2.38. The predicted molar refractivity (Wildman–Crippen MR) is 459 cm³/mol. The van der Waals surface area contributed by atoms with E-state index in [0.29, 0.717) is 5.04 Å². The number of aromatic nitrogens is 2. The van der Waals surface area contributed by atoms with E-state index < -0.39 is 16.1 Å². The SMILES string of the molecule is C.C.C.C.C.C.C.CC(C)(C)C#N.CC(C)(C)[Si](C)(C)C.CC(C)(C)[Si](c1ccccc1)(c1ccccc1)c1ccccc1.CC(C)(C)c1ccc(-n2c3ccccc3c3ccccc32)cc1.CC(C)(C)c1cccc(-n2c3ccccc3c3ccccc32)c1.CC(C)C.[2H]C(C)(C)C. The van der Waals surface area contributed by atoms with Gasteiger partial charge in [0.05, 0.1) is 28.1 Å². The number of nitriles is 1. The smallest absolute Gasteiger partial charge is 0.153 e. The third-order valence-electron chi connectivity index (χ3n) is 16.5. The van der Waals surface area contributed by atoms with Crippen molar-refractivity contribution in [3.8, 4) is 17.4 Å². The molecule has 0 bridgehead atoms. The molecule has 0 saturated carbocycles. The van der Waals surface area contributed by atoms with Crippen LogP contribution >= 0.6 is 0 Å². The Morgan fingerprint density at radius 2 is 0.582 bits per heavy atom. The molecule has 0 fully saturated rings. The van der Waals surface area contributed by atoms with Gasteiger partial charge >= 0.3 is 0 Å². The Hall–Kier alpha value is -7.50. The maximum Gasteiger partial charge on any atom is 0.153 e. The standard InChI is InChI=1S/2C22H21N.C22H24Si.C7H18Si.C5H9N.2C4H10.7CH4/c1-22(2,3)16-9-8-10-17(15-16)23-20-13-6-4-11-18(20)19-12-5-7-14-21(19)23;1-22(2,3)16-12-14-17(15-13-16)23-20-10-6-4-8-18(20)19-9-5-7-11-21(19)23;1-22(2,3)23(19-13-7-4-8-14-19,20-15-9-5-10-16-20)21-17-11-6-12-18-21;1-7(2,3)8(4,5)6;1-5(2,3)4-6;2*1-4(2)3;;;;;;;/h2*4-15H,1-3H3;4-18H,1-3H3;1-6H3;1-3H3;2*4H,1-3H3;7*1H4/i;;;;;4D;;;;;;;;. The molecule has 0 amide bonds. The van der Waals surface area contributed by atoms with Gasteiger partial charge in [-0.05, 0) is 129 Å². The molecule has 9 aromatic carbocycles. The van der Waals surface area contributed by atoms with Gasteiger partial charge in [0, 0.05) is 47.8 Å². The van der Waals surface area contributed by atoms with Gasteiger partial charge in [0.1, 0.15) is 0 Å². The van der Waals surface area contributed by atoms with E-state index in [0.717, 1.165) is 5.92 Å². The first-order chi connectivity index (χ1) is 42.7. The summed E-state index contributed by atoms with van der Waals surface area (Å²) < 4.78 is 11.7. The van der Waals surface area contributed by atoms with Crippen molar-refractivity contribution in [1.82, 2.24) is 9.13 Å². The highest BCUT2D eigenvalue weighted by molar-refractivity contribution is 7.13. The summed E-state index contributed by atoms with van der Waals surface area (Å²) in [5.74, 6) is 0.583. The van der Waals surface area contributed by atoms with Gasteiger partial charge in [0.2, 0.25) is 0 Å². The third-order valence-corrected chi connectivity index (χ3v) is 26.8. The number of rotatable bonds is 5. The van der Waals surface area contributed by atoms with Gasteiger partial charge in [-0.1, -0.05) is 384 Å². The van der Waals surface area contributed by atoms with Crippen molar-refractivity contribution in [2.75, 3.05) is 0 Å². The fraction of sp³-hybridized carbons (Fsp3) is 0.409. The average molecular weight is 1360 g/mol. The van der Waals surface area contributed by atoms with Gasteiger partial charge in [-0.25, -0.2) is 0 Å². The molecule has 3 nitrogen and oxygen atoms in total. The van der Waals surface area contributed by atoms with E-state index in [1.54, 1.807) is 0 Å². The lowest BCUT2D eigenvalue weighted by Gasteiger charge is -2.44. The zero-order valence-corrected chi connectivity index (χ0v) is 62.4. The van der Waals surface area contributed by atoms with Crippen molar-refractivity contribution >= 4 is 75.3 Å². The first-order valence-corrected chi connectivity index (χ1v) is 38.5. The molecule has 98 heavy (non-hydrogen) atoms. The largest absolute Gasteiger partial charge is 0.309 e. The van der Waals surface area contributed by atoms with Crippen molar-refractivity contribution in [2.45, 2.75) is 238 Å². The van der Waals surface area contributed by atoms with Crippen LogP contribution in [0.5, 0.6) is 0 Å². The Labute approximate surface area is 607 Å². The fourth-order valence-corrected chi connectivity index (χ4v) is 16.2. The van der Waals surface area contributed by atoms with E-state index in [2.05, 4.69) is 375 Å². The number of para-hydroxylation sites is 4. The zero-order valence-electron chi connectivity index (χ0n) is 61.4. The highest BCUT2D eigenvalue weighted by Gasteiger charge is 2.49. The molecule has 0 saturated heterocycles. The molecular formula is C93H141N3Si2. The molecule has 2 heterocycles. The Bertz CT molecular complexity index is 3840. The summed E-state index contributed by atoms with van der Waals surface area (Å²) in [5.41, 5.74) is 10.4. The van der Waals surface area contributed by atoms with Crippen LogP contribution in [0.2, 0.25) is 29.7 Å². The lowest BCUT2D eigenvalue weighted by molar-refractivity contribution is 0.561.